The van der Waals surface area contributed by atoms with E-state index in [1.807, 2.05) is 12.1 Å². The molecule has 43 heavy (non-hydrogen) atoms. The van der Waals surface area contributed by atoms with Crippen molar-refractivity contribution in [1.29, 1.82) is 0 Å². The number of nitrogens with one attached hydrogen (secondary N) is 1. The average Bonchev–Trinajstić information content (AvgIpc) is 3.73. The van der Waals surface area contributed by atoms with E-state index in [0.717, 1.165) is 43.7 Å². The van der Waals surface area contributed by atoms with Crippen molar-refractivity contribution in [2.24, 2.45) is 0 Å². The fraction of sp³-hybridized carbons (Fsp3) is 0.312. The first-order valence-electron chi connectivity index (χ1n) is 14.5. The number of hydrogen-bond acceptors (Lipinski definition) is 7. The van der Waals surface area contributed by atoms with E-state index >= 15 is 0 Å². The minimum absolute atomic E-state index is 0.0228. The van der Waals surface area contributed by atoms with Gasteiger partial charge in [0.25, 0.3) is 10.0 Å². The van der Waals surface area contributed by atoms with Gasteiger partial charge in [-0.3, -0.25) is 14.4 Å². The van der Waals surface area contributed by atoms with Crippen LogP contribution in [0.1, 0.15) is 30.4 Å². The largest absolute Gasteiger partial charge is 0.358 e. The normalized spacial score (nSPS) is 20.1. The predicted octanol–water partition coefficient (Wildman–Crippen LogP) is 5.24. The Morgan fingerprint density at radius 3 is 2.49 bits per heavy atom. The molecule has 0 saturated carbocycles. The van der Waals surface area contributed by atoms with Crippen LogP contribution in [0.3, 0.4) is 0 Å². The van der Waals surface area contributed by atoms with Gasteiger partial charge in [0.15, 0.2) is 5.13 Å². The fourth-order valence-corrected chi connectivity index (χ4v) is 8.62. The molecule has 2 fully saturated rings. The molecule has 7 rings (SSSR count). The van der Waals surface area contributed by atoms with E-state index in [-0.39, 0.29) is 28.1 Å². The Bertz CT molecular complexity index is 1720. The molecule has 11 heteroatoms. The van der Waals surface area contributed by atoms with Gasteiger partial charge in [0.1, 0.15) is 11.9 Å². The topological polar surface area (TPSA) is 85.9 Å². The molecule has 1 atom stereocenters. The molecule has 3 aliphatic rings. The number of sulfonamides is 1. The van der Waals surface area contributed by atoms with Gasteiger partial charge in [-0.25, -0.2) is 17.8 Å². The molecule has 222 valence electrons. The summed E-state index contributed by atoms with van der Waals surface area (Å²) in [6.07, 6.45) is 3.98. The molecule has 0 aliphatic carbocycles. The van der Waals surface area contributed by atoms with Crippen LogP contribution in [0.5, 0.6) is 0 Å². The Labute approximate surface area is 254 Å². The van der Waals surface area contributed by atoms with Crippen LogP contribution in [0.4, 0.5) is 20.9 Å². The van der Waals surface area contributed by atoms with Gasteiger partial charge in [-0.05, 0) is 85.9 Å². The van der Waals surface area contributed by atoms with E-state index in [0.29, 0.717) is 30.3 Å². The minimum atomic E-state index is -3.78. The van der Waals surface area contributed by atoms with Crippen molar-refractivity contribution in [1.82, 2.24) is 9.88 Å². The monoisotopic (exact) mass is 617 g/mol. The van der Waals surface area contributed by atoms with Crippen LogP contribution in [0, 0.1) is 5.82 Å². The molecule has 4 heterocycles. The van der Waals surface area contributed by atoms with Crippen LogP contribution in [0.2, 0.25) is 0 Å². The number of hydrogen-bond donors (Lipinski definition) is 1. The predicted molar refractivity (Wildman–Crippen MR) is 166 cm³/mol. The lowest BCUT2D eigenvalue weighted by molar-refractivity contribution is -0.118. The molecule has 1 aromatic heterocycles. The lowest BCUT2D eigenvalue weighted by atomic mass is 9.74. The molecule has 0 radical (unpaired) electrons. The third-order valence-corrected chi connectivity index (χ3v) is 11.2. The first kappa shape index (κ1) is 28.0. The van der Waals surface area contributed by atoms with Crippen LogP contribution in [-0.2, 0) is 26.8 Å². The summed E-state index contributed by atoms with van der Waals surface area (Å²) in [6, 6.07) is 21.5. The van der Waals surface area contributed by atoms with Gasteiger partial charge >= 0.3 is 0 Å². The molecule has 4 aromatic rings. The summed E-state index contributed by atoms with van der Waals surface area (Å²) in [5.41, 5.74) is 3.71. The number of benzene rings is 3. The maximum absolute atomic E-state index is 14.6. The van der Waals surface area contributed by atoms with E-state index in [9.17, 15) is 17.6 Å². The van der Waals surface area contributed by atoms with Crippen LogP contribution in [-0.4, -0.2) is 56.4 Å². The lowest BCUT2D eigenvalue weighted by Gasteiger charge is -2.40. The van der Waals surface area contributed by atoms with Crippen molar-refractivity contribution in [3.63, 3.8) is 0 Å². The fourth-order valence-electron chi connectivity index (χ4n) is 6.83. The van der Waals surface area contributed by atoms with Crippen molar-refractivity contribution < 1.29 is 17.6 Å². The zero-order chi connectivity index (χ0) is 29.6. The number of amides is 1. The highest BCUT2D eigenvalue weighted by Crippen LogP contribution is 2.49. The van der Waals surface area contributed by atoms with Crippen LogP contribution in [0.15, 0.2) is 89.3 Å². The summed E-state index contributed by atoms with van der Waals surface area (Å²) in [6.45, 7) is 3.94. The quantitative estimate of drug-likeness (QED) is 0.305. The third-order valence-electron chi connectivity index (χ3n) is 9.04. The van der Waals surface area contributed by atoms with Crippen LogP contribution >= 0.6 is 11.3 Å². The standard InChI is InChI=1S/C32H32FN5O3S2/c33-24-6-11-28-27(20-24)32(13-17-36(18-14-32)21-23-4-2-1-3-5-23)22-38(28)29-12-16-37(30(29)39)25-7-9-26(10-8-25)43(40,41)35-31-34-15-19-42-31/h1-11,15,19-20,29H,12-14,16-18,21-22H2,(H,34,35)/t29-/m0/s1. The smallest absolute Gasteiger partial charge is 0.263 e. The van der Waals surface area contributed by atoms with Crippen LogP contribution in [0.25, 0.3) is 0 Å². The van der Waals surface area contributed by atoms with E-state index in [1.54, 1.807) is 28.5 Å². The second-order valence-corrected chi connectivity index (χ2v) is 14.1. The van der Waals surface area contributed by atoms with Gasteiger partial charge in [-0.2, -0.15) is 0 Å². The zero-order valence-corrected chi connectivity index (χ0v) is 25.2. The lowest BCUT2D eigenvalue weighted by Crippen LogP contribution is -2.48. The Kier molecular flexibility index (Phi) is 7.19. The number of anilines is 3. The summed E-state index contributed by atoms with van der Waals surface area (Å²) in [4.78, 5) is 24.3. The molecule has 1 N–H and O–H groups in total. The number of likely N-dealkylation sites (tertiary alicyclic amines) is 1. The van der Waals surface area contributed by atoms with Crippen molar-refractivity contribution >= 4 is 43.8 Å². The minimum Gasteiger partial charge on any atom is -0.358 e. The summed E-state index contributed by atoms with van der Waals surface area (Å²) >= 11 is 1.20. The number of rotatable bonds is 7. The number of halogens is 1. The number of piperidine rings is 1. The highest BCUT2D eigenvalue weighted by atomic mass is 32.2. The molecule has 3 aromatic carbocycles. The van der Waals surface area contributed by atoms with Crippen molar-refractivity contribution in [2.45, 2.75) is 42.2 Å². The van der Waals surface area contributed by atoms with E-state index in [2.05, 4.69) is 43.8 Å². The van der Waals surface area contributed by atoms with E-state index in [4.69, 9.17) is 0 Å². The van der Waals surface area contributed by atoms with Crippen molar-refractivity contribution in [3.05, 3.63) is 101 Å². The molecule has 1 spiro atoms. The summed E-state index contributed by atoms with van der Waals surface area (Å²) in [7, 11) is -3.78. The Hall–Kier alpha value is -3.80. The number of fused-ring (bicyclic) bond motifs is 2. The molecule has 8 nitrogen and oxygen atoms in total. The molecule has 1 amide bonds. The molecular weight excluding hydrogens is 586 g/mol. The first-order valence-corrected chi connectivity index (χ1v) is 16.8. The molecule has 2 saturated heterocycles. The van der Waals surface area contributed by atoms with Crippen molar-refractivity contribution in [2.75, 3.05) is 40.7 Å². The summed E-state index contributed by atoms with van der Waals surface area (Å²) < 4.78 is 42.6. The SMILES string of the molecule is O=C1[C@@H](N2CC3(CCN(Cc4ccccc4)CC3)c3cc(F)ccc32)CCN1c1ccc(S(=O)(=O)Nc2nccs2)cc1. The van der Waals surface area contributed by atoms with Gasteiger partial charge in [-0.1, -0.05) is 30.3 Å². The second kappa shape index (κ2) is 11.0. The molecular formula is C32H32FN5O3S2. The highest BCUT2D eigenvalue weighted by Gasteiger charge is 2.49. The zero-order valence-electron chi connectivity index (χ0n) is 23.5. The number of aromatic nitrogens is 1. The first-order chi connectivity index (χ1) is 20.8. The van der Waals surface area contributed by atoms with Gasteiger partial charge in [0.2, 0.25) is 5.91 Å². The summed E-state index contributed by atoms with van der Waals surface area (Å²) in [5.74, 6) is -0.268. The molecule has 3 aliphatic heterocycles. The van der Waals surface area contributed by atoms with Crippen molar-refractivity contribution in [3.8, 4) is 0 Å². The maximum atomic E-state index is 14.6. The number of nitrogens with zero attached hydrogens (tertiary/aromatic N) is 4. The summed E-state index contributed by atoms with van der Waals surface area (Å²) in [5, 5.41) is 2.00. The van der Waals surface area contributed by atoms with E-state index < -0.39 is 10.0 Å². The van der Waals surface area contributed by atoms with Gasteiger partial charge in [0.05, 0.1) is 4.90 Å². The number of carbonyl (C=O) groups is 1. The number of carbonyl (C=O) groups excluding carboxylic acids is 1. The van der Waals surface area contributed by atoms with Gasteiger partial charge in [-0.15, -0.1) is 11.3 Å². The third kappa shape index (κ3) is 5.30. The van der Waals surface area contributed by atoms with E-state index in [1.165, 1.54) is 41.3 Å². The van der Waals surface area contributed by atoms with Crippen LogP contribution < -0.4 is 14.5 Å². The Morgan fingerprint density at radius 2 is 1.77 bits per heavy atom. The molecule has 0 unspecified atom stereocenters. The average molecular weight is 618 g/mol. The Balaban J connectivity index is 1.07. The maximum Gasteiger partial charge on any atom is 0.263 e. The molecule has 0 bridgehead atoms. The Morgan fingerprint density at radius 1 is 1.00 bits per heavy atom. The van der Waals surface area contributed by atoms with Gasteiger partial charge in [0, 0.05) is 48.0 Å². The highest BCUT2D eigenvalue weighted by molar-refractivity contribution is 7.93. The second-order valence-electron chi connectivity index (χ2n) is 11.6. The van der Waals surface area contributed by atoms with Gasteiger partial charge < -0.3 is 9.80 Å². The number of thiazole rings is 1.